The molecule has 5 nitrogen and oxygen atoms in total. The van der Waals surface area contributed by atoms with Gasteiger partial charge in [-0.1, -0.05) is 29.3 Å². The van der Waals surface area contributed by atoms with Crippen molar-refractivity contribution in [2.45, 2.75) is 26.8 Å². The molecule has 26 heavy (non-hydrogen) atoms. The molecule has 0 aliphatic carbocycles. The highest BCUT2D eigenvalue weighted by molar-refractivity contribution is 7.92. The summed E-state index contributed by atoms with van der Waals surface area (Å²) in [4.78, 5) is 12.7. The maximum absolute atomic E-state index is 12.7. The number of halogens is 2. The first kappa shape index (κ1) is 20.6. The quantitative estimate of drug-likeness (QED) is 0.787. The number of hydrogen-bond donors (Lipinski definition) is 1. The van der Waals surface area contributed by atoms with Crippen LogP contribution in [0, 0.1) is 13.8 Å². The van der Waals surface area contributed by atoms with Crippen LogP contribution < -0.4 is 9.62 Å². The number of carbonyl (C=O) groups excluding carboxylic acids is 1. The fourth-order valence-corrected chi connectivity index (χ4v) is 4.33. The number of carbonyl (C=O) groups is 1. The molecule has 2 rings (SSSR count). The molecule has 0 aromatic heterocycles. The Morgan fingerprint density at radius 2 is 1.65 bits per heavy atom. The number of nitrogens with zero attached hydrogens (tertiary/aromatic N) is 1. The average molecular weight is 415 g/mol. The molecule has 8 heteroatoms. The van der Waals surface area contributed by atoms with Gasteiger partial charge < -0.3 is 5.32 Å². The lowest BCUT2D eigenvalue weighted by Gasteiger charge is -2.29. The Kier molecular flexibility index (Phi) is 6.21. The number of anilines is 2. The second-order valence-corrected chi connectivity index (χ2v) is 8.90. The summed E-state index contributed by atoms with van der Waals surface area (Å²) in [7, 11) is -3.78. The van der Waals surface area contributed by atoms with Crippen LogP contribution in [0.3, 0.4) is 0 Å². The number of sulfonamides is 1. The summed E-state index contributed by atoms with van der Waals surface area (Å²) in [6.45, 7) is 5.33. The fraction of sp³-hybridized carbons (Fsp3) is 0.278. The molecule has 2 aromatic carbocycles. The minimum atomic E-state index is -3.78. The van der Waals surface area contributed by atoms with Gasteiger partial charge in [0.15, 0.2) is 0 Å². The van der Waals surface area contributed by atoms with E-state index in [0.29, 0.717) is 10.7 Å². The number of benzene rings is 2. The van der Waals surface area contributed by atoms with Gasteiger partial charge in [0, 0.05) is 10.7 Å². The van der Waals surface area contributed by atoms with Gasteiger partial charge in [-0.3, -0.25) is 9.10 Å². The van der Waals surface area contributed by atoms with Gasteiger partial charge in [0.25, 0.3) is 0 Å². The molecule has 140 valence electrons. The molecule has 1 N–H and O–H groups in total. The Balaban J connectivity index is 2.39. The van der Waals surface area contributed by atoms with Gasteiger partial charge in [0.2, 0.25) is 15.9 Å². The molecule has 0 aliphatic heterocycles. The van der Waals surface area contributed by atoms with Gasteiger partial charge >= 0.3 is 0 Å². The molecular weight excluding hydrogens is 395 g/mol. The molecule has 0 radical (unpaired) electrons. The molecule has 1 amide bonds. The largest absolute Gasteiger partial charge is 0.324 e. The maximum atomic E-state index is 12.7. The van der Waals surface area contributed by atoms with Crippen molar-refractivity contribution in [3.63, 3.8) is 0 Å². The normalized spacial score (nSPS) is 12.5. The molecule has 0 saturated heterocycles. The first-order valence-corrected chi connectivity index (χ1v) is 10.4. The van der Waals surface area contributed by atoms with Crippen LogP contribution in [-0.2, 0) is 14.8 Å². The van der Waals surface area contributed by atoms with Crippen LogP contribution in [0.5, 0.6) is 0 Å². The second kappa shape index (κ2) is 7.86. The lowest BCUT2D eigenvalue weighted by atomic mass is 10.1. The highest BCUT2D eigenvalue weighted by Gasteiger charge is 2.30. The van der Waals surface area contributed by atoms with Crippen LogP contribution in [0.4, 0.5) is 11.4 Å². The van der Waals surface area contributed by atoms with Gasteiger partial charge in [-0.2, -0.15) is 0 Å². The fourth-order valence-electron chi connectivity index (χ4n) is 2.73. The Bertz CT molecular complexity index is 925. The SMILES string of the molecule is Cc1cc(C)cc(NC(=O)[C@@H](C)N(c2cc(Cl)ccc2Cl)S(C)(=O)=O)c1. The predicted molar refractivity (Wildman–Crippen MR) is 108 cm³/mol. The molecule has 0 spiro atoms. The Labute approximate surface area is 164 Å². The predicted octanol–water partition coefficient (Wildman–Crippen LogP) is 4.40. The van der Waals surface area contributed by atoms with Gasteiger partial charge in [-0.05, 0) is 62.2 Å². The number of hydrogen-bond acceptors (Lipinski definition) is 3. The van der Waals surface area contributed by atoms with Crippen LogP contribution in [-0.4, -0.2) is 26.6 Å². The van der Waals surface area contributed by atoms with E-state index in [4.69, 9.17) is 23.2 Å². The van der Waals surface area contributed by atoms with Crippen LogP contribution in [0.1, 0.15) is 18.1 Å². The summed E-state index contributed by atoms with van der Waals surface area (Å²) in [6.07, 6.45) is 1.02. The van der Waals surface area contributed by atoms with Crippen LogP contribution >= 0.6 is 23.2 Å². The third kappa shape index (κ3) is 4.90. The van der Waals surface area contributed by atoms with Gasteiger partial charge in [0.1, 0.15) is 6.04 Å². The minimum absolute atomic E-state index is 0.157. The maximum Gasteiger partial charge on any atom is 0.247 e. The zero-order valence-corrected chi connectivity index (χ0v) is 17.2. The van der Waals surface area contributed by atoms with E-state index in [0.717, 1.165) is 21.7 Å². The third-order valence-electron chi connectivity index (χ3n) is 3.72. The summed E-state index contributed by atoms with van der Waals surface area (Å²) >= 11 is 12.1. The highest BCUT2D eigenvalue weighted by atomic mass is 35.5. The van der Waals surface area contributed by atoms with E-state index in [1.807, 2.05) is 32.0 Å². The van der Waals surface area contributed by atoms with Crippen LogP contribution in [0.15, 0.2) is 36.4 Å². The summed E-state index contributed by atoms with van der Waals surface area (Å²) in [6, 6.07) is 9.05. The second-order valence-electron chi connectivity index (χ2n) is 6.20. The summed E-state index contributed by atoms with van der Waals surface area (Å²) in [5, 5.41) is 3.26. The van der Waals surface area contributed by atoms with Gasteiger partial charge in [-0.15, -0.1) is 0 Å². The Morgan fingerprint density at radius 3 is 2.19 bits per heavy atom. The lowest BCUT2D eigenvalue weighted by Crippen LogP contribution is -2.45. The molecule has 1 atom stereocenters. The number of amides is 1. The van der Waals surface area contributed by atoms with Crippen LogP contribution in [0.25, 0.3) is 0 Å². The summed E-state index contributed by atoms with van der Waals surface area (Å²) < 4.78 is 25.7. The van der Waals surface area contributed by atoms with E-state index in [9.17, 15) is 13.2 Å². The zero-order valence-electron chi connectivity index (χ0n) is 14.9. The summed E-state index contributed by atoms with van der Waals surface area (Å²) in [5.74, 6) is -0.475. The van der Waals surface area contributed by atoms with E-state index in [2.05, 4.69) is 5.32 Å². The van der Waals surface area contributed by atoms with Crippen molar-refractivity contribution in [3.05, 3.63) is 57.6 Å². The Morgan fingerprint density at radius 1 is 1.08 bits per heavy atom. The van der Waals surface area contributed by atoms with Crippen molar-refractivity contribution in [2.24, 2.45) is 0 Å². The van der Waals surface area contributed by atoms with Crippen molar-refractivity contribution < 1.29 is 13.2 Å². The third-order valence-corrected chi connectivity index (χ3v) is 5.51. The standard InChI is InChI=1S/C18H20Cl2N2O3S/c1-11-7-12(2)9-15(8-11)21-18(23)13(3)22(26(4,24)25)17-10-14(19)5-6-16(17)20/h5-10,13H,1-4H3,(H,21,23)/t13-/m1/s1. The van der Waals surface area contributed by atoms with E-state index in [1.54, 1.807) is 6.07 Å². The molecule has 2 aromatic rings. The van der Waals surface area contributed by atoms with Crippen molar-refractivity contribution >= 4 is 50.5 Å². The number of rotatable bonds is 5. The van der Waals surface area contributed by atoms with E-state index in [-0.39, 0.29) is 10.7 Å². The van der Waals surface area contributed by atoms with E-state index >= 15 is 0 Å². The molecule has 0 unspecified atom stereocenters. The van der Waals surface area contributed by atoms with Gasteiger partial charge in [-0.25, -0.2) is 8.42 Å². The Hall–Kier alpha value is -1.76. The van der Waals surface area contributed by atoms with E-state index in [1.165, 1.54) is 19.1 Å². The van der Waals surface area contributed by atoms with Crippen molar-refractivity contribution in [1.29, 1.82) is 0 Å². The van der Waals surface area contributed by atoms with Crippen molar-refractivity contribution in [3.8, 4) is 0 Å². The van der Waals surface area contributed by atoms with Gasteiger partial charge in [0.05, 0.1) is 17.0 Å². The number of nitrogens with one attached hydrogen (secondary N) is 1. The smallest absolute Gasteiger partial charge is 0.247 e. The lowest BCUT2D eigenvalue weighted by molar-refractivity contribution is -0.116. The minimum Gasteiger partial charge on any atom is -0.324 e. The molecular formula is C18H20Cl2N2O3S. The van der Waals surface area contributed by atoms with E-state index < -0.39 is 22.0 Å². The zero-order chi connectivity index (χ0) is 19.6. The summed E-state index contributed by atoms with van der Waals surface area (Å²) in [5.41, 5.74) is 2.74. The first-order valence-electron chi connectivity index (χ1n) is 7.82. The molecule has 0 bridgehead atoms. The monoisotopic (exact) mass is 414 g/mol. The highest BCUT2D eigenvalue weighted by Crippen LogP contribution is 2.32. The van der Waals surface area contributed by atoms with Crippen molar-refractivity contribution in [1.82, 2.24) is 0 Å². The first-order chi connectivity index (χ1) is 12.0. The topological polar surface area (TPSA) is 66.5 Å². The molecule has 0 aliphatic rings. The molecule has 0 saturated carbocycles. The molecule has 0 heterocycles. The molecule has 0 fully saturated rings. The number of aryl methyl sites for hydroxylation is 2. The van der Waals surface area contributed by atoms with Crippen LogP contribution in [0.2, 0.25) is 10.0 Å². The van der Waals surface area contributed by atoms with Crippen molar-refractivity contribution in [2.75, 3.05) is 15.9 Å². The average Bonchev–Trinajstić information content (AvgIpc) is 2.48.